The molecule has 0 bridgehead atoms. The van der Waals surface area contributed by atoms with Crippen molar-refractivity contribution in [2.45, 2.75) is 39.3 Å². The standard InChI is InChI=1S/C18H21ClN4O3/c1-18(2,3)26-17(25)23-9-8-12-14(10-23)21-22-15(12)20-16(24)11-6-4-5-7-13(11)19/h4-7H,8-10H2,1-3H3,(H2,20,21,22,24). The van der Waals surface area contributed by atoms with Gasteiger partial charge < -0.3 is 15.0 Å². The molecule has 8 heteroatoms. The molecule has 0 spiro atoms. The van der Waals surface area contributed by atoms with Crippen LogP contribution in [0, 0.1) is 0 Å². The summed E-state index contributed by atoms with van der Waals surface area (Å²) in [6, 6.07) is 6.83. The van der Waals surface area contributed by atoms with E-state index in [9.17, 15) is 9.59 Å². The van der Waals surface area contributed by atoms with Crippen LogP contribution in [0.25, 0.3) is 0 Å². The second-order valence-electron chi connectivity index (χ2n) is 7.12. The summed E-state index contributed by atoms with van der Waals surface area (Å²) in [7, 11) is 0. The normalized spacial score (nSPS) is 13.9. The number of nitrogens with one attached hydrogen (secondary N) is 2. The van der Waals surface area contributed by atoms with Gasteiger partial charge in [-0.25, -0.2) is 4.79 Å². The van der Waals surface area contributed by atoms with Crippen LogP contribution in [0.5, 0.6) is 0 Å². The lowest BCUT2D eigenvalue weighted by atomic mass is 10.1. The van der Waals surface area contributed by atoms with Gasteiger partial charge in [0.2, 0.25) is 0 Å². The van der Waals surface area contributed by atoms with Crippen molar-refractivity contribution < 1.29 is 14.3 Å². The molecule has 0 aliphatic carbocycles. The molecule has 1 aliphatic heterocycles. The van der Waals surface area contributed by atoms with Crippen molar-refractivity contribution in [3.8, 4) is 0 Å². The number of fused-ring (bicyclic) bond motifs is 1. The van der Waals surface area contributed by atoms with Gasteiger partial charge in [0.1, 0.15) is 5.60 Å². The average Bonchev–Trinajstić information content (AvgIpc) is 2.96. The van der Waals surface area contributed by atoms with E-state index in [4.69, 9.17) is 16.3 Å². The monoisotopic (exact) mass is 376 g/mol. The Hall–Kier alpha value is -2.54. The summed E-state index contributed by atoms with van der Waals surface area (Å²) in [5, 5.41) is 10.2. The third-order valence-electron chi connectivity index (χ3n) is 3.94. The first kappa shape index (κ1) is 18.3. The van der Waals surface area contributed by atoms with Gasteiger partial charge in [-0.15, -0.1) is 0 Å². The minimum atomic E-state index is -0.542. The molecule has 2 amide bonds. The summed E-state index contributed by atoms with van der Waals surface area (Å²) in [4.78, 5) is 26.2. The van der Waals surface area contributed by atoms with Gasteiger partial charge in [-0.2, -0.15) is 5.10 Å². The molecule has 0 fully saturated rings. The molecule has 0 atom stereocenters. The molecule has 1 aromatic carbocycles. The van der Waals surface area contributed by atoms with Crippen molar-refractivity contribution in [2.75, 3.05) is 11.9 Å². The zero-order valence-electron chi connectivity index (χ0n) is 14.9. The lowest BCUT2D eigenvalue weighted by molar-refractivity contribution is 0.0221. The maximum absolute atomic E-state index is 12.4. The number of anilines is 1. The molecule has 3 rings (SSSR count). The smallest absolute Gasteiger partial charge is 0.410 e. The van der Waals surface area contributed by atoms with Gasteiger partial charge in [0.15, 0.2) is 5.82 Å². The first-order chi connectivity index (χ1) is 12.2. The number of rotatable bonds is 2. The van der Waals surface area contributed by atoms with E-state index in [1.165, 1.54) is 0 Å². The van der Waals surface area contributed by atoms with Crippen LogP contribution in [0.3, 0.4) is 0 Å². The van der Waals surface area contributed by atoms with E-state index in [2.05, 4.69) is 15.5 Å². The number of amides is 2. The largest absolute Gasteiger partial charge is 0.444 e. The second-order valence-corrected chi connectivity index (χ2v) is 7.52. The highest BCUT2D eigenvalue weighted by Gasteiger charge is 2.29. The summed E-state index contributed by atoms with van der Waals surface area (Å²) in [6.45, 7) is 6.35. The third kappa shape index (κ3) is 3.99. The van der Waals surface area contributed by atoms with Crippen LogP contribution in [0.2, 0.25) is 5.02 Å². The predicted molar refractivity (Wildman–Crippen MR) is 98.3 cm³/mol. The van der Waals surface area contributed by atoms with Gasteiger partial charge in [-0.1, -0.05) is 23.7 Å². The van der Waals surface area contributed by atoms with E-state index in [0.29, 0.717) is 35.9 Å². The Morgan fingerprint density at radius 1 is 1.31 bits per heavy atom. The number of carbonyl (C=O) groups excluding carboxylic acids is 2. The molecule has 0 radical (unpaired) electrons. The molecular formula is C18H21ClN4O3. The van der Waals surface area contributed by atoms with Crippen molar-refractivity contribution in [2.24, 2.45) is 0 Å². The maximum atomic E-state index is 12.4. The number of hydrogen-bond donors (Lipinski definition) is 2. The highest BCUT2D eigenvalue weighted by atomic mass is 35.5. The molecule has 0 saturated carbocycles. The Morgan fingerprint density at radius 2 is 2.04 bits per heavy atom. The summed E-state index contributed by atoms with van der Waals surface area (Å²) in [5.41, 5.74) is 1.53. The van der Waals surface area contributed by atoms with Crippen LogP contribution >= 0.6 is 11.6 Å². The van der Waals surface area contributed by atoms with E-state index in [0.717, 1.165) is 11.3 Å². The molecule has 0 unspecified atom stereocenters. The number of hydrogen-bond acceptors (Lipinski definition) is 4. The molecule has 1 aliphatic rings. The molecule has 2 heterocycles. The number of aromatic amines is 1. The van der Waals surface area contributed by atoms with Crippen LogP contribution < -0.4 is 5.32 Å². The Labute approximate surface area is 156 Å². The minimum Gasteiger partial charge on any atom is -0.444 e. The molecule has 7 nitrogen and oxygen atoms in total. The number of H-pyrrole nitrogens is 1. The van der Waals surface area contributed by atoms with Gasteiger partial charge in [0.25, 0.3) is 5.91 Å². The van der Waals surface area contributed by atoms with Gasteiger partial charge in [-0.3, -0.25) is 9.89 Å². The number of nitrogens with zero attached hydrogens (tertiary/aromatic N) is 2. The minimum absolute atomic E-state index is 0.320. The number of carbonyl (C=O) groups is 2. The molecule has 2 N–H and O–H groups in total. The number of benzene rings is 1. The van der Waals surface area contributed by atoms with Crippen LogP contribution in [-0.2, 0) is 17.7 Å². The summed E-state index contributed by atoms with van der Waals surface area (Å²) >= 11 is 6.06. The highest BCUT2D eigenvalue weighted by Crippen LogP contribution is 2.26. The van der Waals surface area contributed by atoms with Crippen molar-refractivity contribution in [1.29, 1.82) is 0 Å². The third-order valence-corrected chi connectivity index (χ3v) is 4.27. The van der Waals surface area contributed by atoms with Gasteiger partial charge in [0, 0.05) is 12.1 Å². The zero-order chi connectivity index (χ0) is 18.9. The van der Waals surface area contributed by atoms with E-state index >= 15 is 0 Å². The Balaban J connectivity index is 1.71. The Bertz CT molecular complexity index is 841. The van der Waals surface area contributed by atoms with E-state index in [-0.39, 0.29) is 12.0 Å². The van der Waals surface area contributed by atoms with E-state index in [1.54, 1.807) is 29.2 Å². The number of halogens is 1. The van der Waals surface area contributed by atoms with Crippen LogP contribution in [-0.4, -0.2) is 39.2 Å². The van der Waals surface area contributed by atoms with Crippen LogP contribution in [0.1, 0.15) is 42.4 Å². The first-order valence-corrected chi connectivity index (χ1v) is 8.72. The van der Waals surface area contributed by atoms with Crippen molar-refractivity contribution >= 4 is 29.4 Å². The van der Waals surface area contributed by atoms with Gasteiger partial charge in [0.05, 0.1) is 22.8 Å². The lowest BCUT2D eigenvalue weighted by Crippen LogP contribution is -2.39. The fourth-order valence-corrected chi connectivity index (χ4v) is 2.95. The molecule has 26 heavy (non-hydrogen) atoms. The first-order valence-electron chi connectivity index (χ1n) is 8.34. The lowest BCUT2D eigenvalue weighted by Gasteiger charge is -2.29. The SMILES string of the molecule is CC(C)(C)OC(=O)N1CCc2c(NC(=O)c3ccccc3Cl)n[nH]c2C1. The number of ether oxygens (including phenoxy) is 1. The van der Waals surface area contributed by atoms with Crippen molar-refractivity contribution in [1.82, 2.24) is 15.1 Å². The highest BCUT2D eigenvalue weighted by molar-refractivity contribution is 6.34. The number of aromatic nitrogens is 2. The molecular weight excluding hydrogens is 356 g/mol. The Kier molecular flexibility index (Phi) is 4.91. The van der Waals surface area contributed by atoms with Crippen molar-refractivity contribution in [3.05, 3.63) is 46.1 Å². The zero-order valence-corrected chi connectivity index (χ0v) is 15.7. The Morgan fingerprint density at radius 3 is 2.73 bits per heavy atom. The molecule has 1 aromatic heterocycles. The quantitative estimate of drug-likeness (QED) is 0.838. The average molecular weight is 377 g/mol. The van der Waals surface area contributed by atoms with Gasteiger partial charge >= 0.3 is 6.09 Å². The molecule has 138 valence electrons. The summed E-state index contributed by atoms with van der Waals surface area (Å²) in [5.74, 6) is 0.147. The summed E-state index contributed by atoms with van der Waals surface area (Å²) in [6.07, 6.45) is 0.211. The van der Waals surface area contributed by atoms with Crippen LogP contribution in [0.4, 0.5) is 10.6 Å². The predicted octanol–water partition coefficient (Wildman–Crippen LogP) is 3.61. The van der Waals surface area contributed by atoms with Crippen LogP contribution in [0.15, 0.2) is 24.3 Å². The second kappa shape index (κ2) is 6.99. The molecule has 2 aromatic rings. The van der Waals surface area contributed by atoms with E-state index in [1.807, 2.05) is 20.8 Å². The maximum Gasteiger partial charge on any atom is 0.410 e. The molecule has 0 saturated heterocycles. The van der Waals surface area contributed by atoms with Gasteiger partial charge in [-0.05, 0) is 39.3 Å². The summed E-state index contributed by atoms with van der Waals surface area (Å²) < 4.78 is 5.40. The topological polar surface area (TPSA) is 87.3 Å². The fraction of sp³-hybridized carbons (Fsp3) is 0.389. The van der Waals surface area contributed by atoms with Crippen molar-refractivity contribution in [3.63, 3.8) is 0 Å². The fourth-order valence-electron chi connectivity index (χ4n) is 2.72. The van der Waals surface area contributed by atoms with E-state index < -0.39 is 5.60 Å².